The molecule has 0 aromatic heterocycles. The number of nitrogens with zero attached hydrogens (tertiary/aromatic N) is 1. The lowest BCUT2D eigenvalue weighted by Gasteiger charge is -2.13. The molecule has 1 heterocycles. The topological polar surface area (TPSA) is 38.7 Å². The van der Waals surface area contributed by atoms with Gasteiger partial charge in [0, 0.05) is 12.4 Å². The van der Waals surface area contributed by atoms with Crippen LogP contribution in [0, 0.1) is 5.92 Å². The molecule has 3 heteroatoms. The van der Waals surface area contributed by atoms with Crippen LogP contribution in [0.3, 0.4) is 0 Å². The van der Waals surface area contributed by atoms with E-state index in [2.05, 4.69) is 16.7 Å². The van der Waals surface area contributed by atoms with Crippen molar-refractivity contribution in [2.45, 2.75) is 19.8 Å². The Morgan fingerprint density at radius 3 is 3.17 bits per heavy atom. The normalized spacial score (nSPS) is 21.8. The summed E-state index contributed by atoms with van der Waals surface area (Å²) >= 11 is 0. The van der Waals surface area contributed by atoms with Crippen molar-refractivity contribution < 1.29 is 9.53 Å². The van der Waals surface area contributed by atoms with Gasteiger partial charge in [-0.25, -0.2) is 0 Å². The van der Waals surface area contributed by atoms with E-state index >= 15 is 0 Å². The van der Waals surface area contributed by atoms with Crippen molar-refractivity contribution in [2.24, 2.45) is 10.9 Å². The van der Waals surface area contributed by atoms with Crippen LogP contribution in [0.4, 0.5) is 0 Å². The standard InChI is InChI=1S/C9H13NO2/c1-3-7-4-8(6-10-5-7)9(11)12-2/h5-6,8H,3-4H2,1-2H3. The highest BCUT2D eigenvalue weighted by Crippen LogP contribution is 2.18. The van der Waals surface area contributed by atoms with Gasteiger partial charge in [-0.05, 0) is 12.8 Å². The fourth-order valence-electron chi connectivity index (χ4n) is 1.17. The van der Waals surface area contributed by atoms with Crippen molar-refractivity contribution >= 4 is 12.2 Å². The number of carbonyl (C=O) groups is 1. The van der Waals surface area contributed by atoms with E-state index in [4.69, 9.17) is 0 Å². The fraction of sp³-hybridized carbons (Fsp3) is 0.556. The van der Waals surface area contributed by atoms with Crippen molar-refractivity contribution in [2.75, 3.05) is 7.11 Å². The number of methoxy groups -OCH3 is 1. The van der Waals surface area contributed by atoms with Gasteiger partial charge >= 0.3 is 5.97 Å². The number of ether oxygens (including phenoxy) is 1. The number of rotatable bonds is 2. The molecule has 66 valence electrons. The average Bonchev–Trinajstić information content (AvgIpc) is 2.17. The predicted octanol–water partition coefficient (Wildman–Crippen LogP) is 1.54. The van der Waals surface area contributed by atoms with E-state index in [1.54, 1.807) is 6.21 Å². The molecule has 1 aliphatic heterocycles. The molecule has 1 unspecified atom stereocenters. The first kappa shape index (κ1) is 8.97. The second-order valence-corrected chi connectivity index (χ2v) is 2.77. The highest BCUT2D eigenvalue weighted by atomic mass is 16.5. The first-order valence-corrected chi connectivity index (χ1v) is 4.07. The van der Waals surface area contributed by atoms with Gasteiger partial charge in [0.1, 0.15) is 0 Å². The molecule has 0 aromatic carbocycles. The maximum absolute atomic E-state index is 11.1. The minimum absolute atomic E-state index is 0.171. The maximum Gasteiger partial charge on any atom is 0.314 e. The molecule has 1 atom stereocenters. The molecule has 0 amide bonds. The van der Waals surface area contributed by atoms with E-state index < -0.39 is 0 Å². The Labute approximate surface area is 72.1 Å². The van der Waals surface area contributed by atoms with Crippen LogP contribution in [0.5, 0.6) is 0 Å². The molecule has 0 fully saturated rings. The van der Waals surface area contributed by atoms with E-state index in [0.717, 1.165) is 12.8 Å². The first-order chi connectivity index (χ1) is 5.77. The van der Waals surface area contributed by atoms with Gasteiger partial charge < -0.3 is 4.74 Å². The van der Waals surface area contributed by atoms with Crippen LogP contribution >= 0.6 is 0 Å². The van der Waals surface area contributed by atoms with Gasteiger partial charge in [-0.2, -0.15) is 0 Å². The molecule has 0 saturated heterocycles. The zero-order valence-corrected chi connectivity index (χ0v) is 7.41. The lowest BCUT2D eigenvalue weighted by molar-refractivity contribution is -0.142. The van der Waals surface area contributed by atoms with E-state index in [9.17, 15) is 4.79 Å². The third kappa shape index (κ3) is 1.94. The molecular formula is C9H13NO2. The smallest absolute Gasteiger partial charge is 0.314 e. The van der Waals surface area contributed by atoms with Crippen LogP contribution in [-0.4, -0.2) is 19.3 Å². The van der Waals surface area contributed by atoms with E-state index in [1.807, 2.05) is 6.20 Å². The number of esters is 1. The summed E-state index contributed by atoms with van der Waals surface area (Å²) in [5, 5.41) is 0. The number of hydrogen-bond acceptors (Lipinski definition) is 3. The molecule has 0 saturated carbocycles. The molecule has 0 spiro atoms. The monoisotopic (exact) mass is 167 g/mol. The Hall–Kier alpha value is -1.12. The van der Waals surface area contributed by atoms with Gasteiger partial charge in [-0.1, -0.05) is 12.5 Å². The second kappa shape index (κ2) is 4.04. The van der Waals surface area contributed by atoms with E-state index in [1.165, 1.54) is 12.7 Å². The summed E-state index contributed by atoms with van der Waals surface area (Å²) in [6, 6.07) is 0. The van der Waals surface area contributed by atoms with E-state index in [-0.39, 0.29) is 11.9 Å². The van der Waals surface area contributed by atoms with Crippen molar-refractivity contribution in [3.8, 4) is 0 Å². The molecule has 0 N–H and O–H groups in total. The molecule has 0 bridgehead atoms. The van der Waals surface area contributed by atoms with Crippen molar-refractivity contribution in [3.05, 3.63) is 11.8 Å². The van der Waals surface area contributed by atoms with Crippen LogP contribution in [0.15, 0.2) is 16.8 Å². The Kier molecular flexibility index (Phi) is 3.02. The SMILES string of the molecule is CCC1=CN=CC(C(=O)OC)C1. The van der Waals surface area contributed by atoms with Crippen LogP contribution in [0.2, 0.25) is 0 Å². The number of aliphatic imine (C=N–C) groups is 1. The summed E-state index contributed by atoms with van der Waals surface area (Å²) in [5.74, 6) is -0.368. The summed E-state index contributed by atoms with van der Waals surface area (Å²) in [6.45, 7) is 2.06. The molecule has 0 aromatic rings. The van der Waals surface area contributed by atoms with E-state index in [0.29, 0.717) is 0 Å². The number of carbonyl (C=O) groups excluding carboxylic acids is 1. The van der Waals surface area contributed by atoms with Crippen molar-refractivity contribution in [3.63, 3.8) is 0 Å². The molecule has 1 aliphatic rings. The van der Waals surface area contributed by atoms with Crippen LogP contribution in [0.25, 0.3) is 0 Å². The number of allylic oxidation sites excluding steroid dienone is 1. The van der Waals surface area contributed by atoms with Gasteiger partial charge in [0.25, 0.3) is 0 Å². The zero-order chi connectivity index (χ0) is 8.97. The molecular weight excluding hydrogens is 154 g/mol. The molecule has 1 rings (SSSR count). The Morgan fingerprint density at radius 1 is 1.83 bits per heavy atom. The molecule has 0 aliphatic carbocycles. The highest BCUT2D eigenvalue weighted by molar-refractivity contribution is 5.90. The average molecular weight is 167 g/mol. The Balaban J connectivity index is 2.59. The molecule has 3 nitrogen and oxygen atoms in total. The highest BCUT2D eigenvalue weighted by Gasteiger charge is 2.19. The summed E-state index contributed by atoms with van der Waals surface area (Å²) in [4.78, 5) is 15.1. The van der Waals surface area contributed by atoms with Gasteiger partial charge in [-0.15, -0.1) is 0 Å². The minimum Gasteiger partial charge on any atom is -0.469 e. The summed E-state index contributed by atoms with van der Waals surface area (Å²) < 4.78 is 4.63. The second-order valence-electron chi connectivity index (χ2n) is 2.77. The van der Waals surface area contributed by atoms with Crippen molar-refractivity contribution in [1.29, 1.82) is 0 Å². The van der Waals surface area contributed by atoms with Crippen LogP contribution in [-0.2, 0) is 9.53 Å². The van der Waals surface area contributed by atoms with Gasteiger partial charge in [0.05, 0.1) is 13.0 Å². The third-order valence-electron chi connectivity index (χ3n) is 1.96. The van der Waals surface area contributed by atoms with Crippen LogP contribution in [0.1, 0.15) is 19.8 Å². The van der Waals surface area contributed by atoms with Crippen LogP contribution < -0.4 is 0 Å². The third-order valence-corrected chi connectivity index (χ3v) is 1.96. The largest absolute Gasteiger partial charge is 0.469 e. The zero-order valence-electron chi connectivity index (χ0n) is 7.41. The summed E-state index contributed by atoms with van der Waals surface area (Å²) in [5.41, 5.74) is 1.20. The van der Waals surface area contributed by atoms with Crippen molar-refractivity contribution in [1.82, 2.24) is 0 Å². The minimum atomic E-state index is -0.196. The lowest BCUT2D eigenvalue weighted by atomic mass is 9.98. The van der Waals surface area contributed by atoms with Gasteiger partial charge in [0.15, 0.2) is 0 Å². The van der Waals surface area contributed by atoms with Gasteiger partial charge in [0.2, 0.25) is 0 Å². The Morgan fingerprint density at radius 2 is 2.58 bits per heavy atom. The Bertz CT molecular complexity index is 231. The number of hydrogen-bond donors (Lipinski definition) is 0. The summed E-state index contributed by atoms with van der Waals surface area (Å²) in [6.07, 6.45) is 5.17. The predicted molar refractivity (Wildman–Crippen MR) is 47.0 cm³/mol. The van der Waals surface area contributed by atoms with Gasteiger partial charge in [-0.3, -0.25) is 9.79 Å². The lowest BCUT2D eigenvalue weighted by Crippen LogP contribution is -2.19. The molecule has 12 heavy (non-hydrogen) atoms. The molecule has 0 radical (unpaired) electrons. The quantitative estimate of drug-likeness (QED) is 0.585. The first-order valence-electron chi connectivity index (χ1n) is 4.07. The summed E-state index contributed by atoms with van der Waals surface area (Å²) in [7, 11) is 1.40. The maximum atomic E-state index is 11.1. The fourth-order valence-corrected chi connectivity index (χ4v) is 1.17.